The van der Waals surface area contributed by atoms with Gasteiger partial charge >= 0.3 is 15.6 Å². The number of nitrogens with two attached hydrogens (primary N) is 1. The summed E-state index contributed by atoms with van der Waals surface area (Å²) in [4.78, 5) is 33.6. The molecule has 0 rings (SSSR count). The predicted octanol–water partition coefficient (Wildman–Crippen LogP) is -4.06. The lowest BCUT2D eigenvalue weighted by Crippen LogP contribution is -2.61. The molecule has 0 heterocycles. The van der Waals surface area contributed by atoms with Crippen molar-refractivity contribution in [2.75, 3.05) is 13.2 Å². The van der Waals surface area contributed by atoms with Crippen molar-refractivity contribution in [3.05, 3.63) is 0 Å². The Bertz CT molecular complexity index is 416. The van der Waals surface area contributed by atoms with Crippen LogP contribution < -0.4 is 5.73 Å². The number of aliphatic hydroxyl groups excluding tert-OH is 3. The molecule has 0 unspecified atom stereocenters. The lowest BCUT2D eigenvalue weighted by atomic mass is 9.99. The van der Waals surface area contributed by atoms with Crippen LogP contribution in [0.1, 0.15) is 0 Å². The summed E-state index contributed by atoms with van der Waals surface area (Å²) >= 11 is 0. The van der Waals surface area contributed by atoms with Crippen molar-refractivity contribution in [1.82, 2.24) is 0 Å². The molecule has 21 heavy (non-hydrogen) atoms. The van der Waals surface area contributed by atoms with Crippen LogP contribution in [0.4, 0.5) is 0 Å². The number of aliphatic hydroxyl groups is 4. The minimum atomic E-state index is -5.01. The third kappa shape index (κ3) is 8.90. The molecule has 0 aliphatic carbocycles. The maximum Gasteiger partial charge on any atom is 0.469 e. The monoisotopic (exact) mass is 357 g/mol. The minimum Gasteiger partial charge on any atom is -0.388 e. The van der Waals surface area contributed by atoms with Crippen molar-refractivity contribution in [2.45, 2.75) is 24.0 Å². The van der Waals surface area contributed by atoms with Crippen LogP contribution in [0.5, 0.6) is 0 Å². The van der Waals surface area contributed by atoms with E-state index >= 15 is 0 Å². The number of hydrogen-bond donors (Lipinski definition) is 9. The van der Waals surface area contributed by atoms with Crippen LogP contribution in [-0.2, 0) is 18.2 Å². The molecule has 15 heteroatoms. The molecular formula is C6H17NO12P2. The summed E-state index contributed by atoms with van der Waals surface area (Å²) in [7, 11) is -9.95. The van der Waals surface area contributed by atoms with E-state index in [0.29, 0.717) is 0 Å². The van der Waals surface area contributed by atoms with E-state index < -0.39 is 52.9 Å². The van der Waals surface area contributed by atoms with Gasteiger partial charge in [-0.3, -0.25) is 14.8 Å². The van der Waals surface area contributed by atoms with Gasteiger partial charge in [-0.05, 0) is 0 Å². The summed E-state index contributed by atoms with van der Waals surface area (Å²) in [6, 6.07) is 0. The quantitative estimate of drug-likeness (QED) is 0.141. The Labute approximate surface area is 118 Å². The second kappa shape index (κ2) is 7.53. The molecule has 0 fully saturated rings. The molecule has 0 aromatic heterocycles. The van der Waals surface area contributed by atoms with Gasteiger partial charge in [0.05, 0.1) is 6.61 Å². The van der Waals surface area contributed by atoms with Gasteiger partial charge in [-0.1, -0.05) is 0 Å². The molecule has 13 nitrogen and oxygen atoms in total. The van der Waals surface area contributed by atoms with Crippen LogP contribution in [0.15, 0.2) is 0 Å². The third-order valence-electron chi connectivity index (χ3n) is 2.11. The molecule has 10 N–H and O–H groups in total. The maximum absolute atomic E-state index is 10.4. The topological polar surface area (TPSA) is 240 Å². The highest BCUT2D eigenvalue weighted by Crippen LogP contribution is 2.37. The zero-order valence-electron chi connectivity index (χ0n) is 10.3. The number of phosphoric ester groups is 2. The third-order valence-corrected chi connectivity index (χ3v) is 3.06. The number of phosphoric acid groups is 2. The largest absolute Gasteiger partial charge is 0.469 e. The summed E-state index contributed by atoms with van der Waals surface area (Å²) in [6.45, 7) is -2.42. The SMILES string of the molecule is N[C@@](O)(COP(=O)(O)O)[C@@H](O)[C@H](O)[C@H](O)COP(=O)(O)O. The van der Waals surface area contributed by atoms with Crippen LogP contribution in [-0.4, -0.2) is 77.3 Å². The van der Waals surface area contributed by atoms with E-state index in [-0.39, 0.29) is 0 Å². The molecule has 0 amide bonds. The first-order valence-electron chi connectivity index (χ1n) is 5.11. The van der Waals surface area contributed by atoms with Crippen molar-refractivity contribution >= 4 is 15.6 Å². The Hall–Kier alpha value is 0.0200. The summed E-state index contributed by atoms with van der Waals surface area (Å²) in [6.07, 6.45) is -6.70. The van der Waals surface area contributed by atoms with E-state index in [1.807, 2.05) is 0 Å². The summed E-state index contributed by atoms with van der Waals surface area (Å²) in [5, 5.41) is 37.7. The highest BCUT2D eigenvalue weighted by Gasteiger charge is 2.41. The van der Waals surface area contributed by atoms with Gasteiger partial charge in [0.2, 0.25) is 0 Å². The average molecular weight is 357 g/mol. The Morgan fingerprint density at radius 3 is 1.81 bits per heavy atom. The van der Waals surface area contributed by atoms with Crippen molar-refractivity contribution in [3.8, 4) is 0 Å². The summed E-state index contributed by atoms with van der Waals surface area (Å²) in [5.74, 6) is 0. The Morgan fingerprint density at radius 2 is 1.43 bits per heavy atom. The van der Waals surface area contributed by atoms with E-state index in [1.165, 1.54) is 0 Å². The zero-order chi connectivity index (χ0) is 17.1. The fourth-order valence-corrected chi connectivity index (χ4v) is 1.77. The molecule has 0 saturated heterocycles. The van der Waals surface area contributed by atoms with E-state index in [4.69, 9.17) is 25.3 Å². The minimum absolute atomic E-state index is 1.11. The van der Waals surface area contributed by atoms with Gasteiger partial charge in [-0.15, -0.1) is 0 Å². The lowest BCUT2D eigenvalue weighted by molar-refractivity contribution is -0.167. The molecule has 0 bridgehead atoms. The molecule has 4 atom stereocenters. The smallest absolute Gasteiger partial charge is 0.388 e. The molecule has 0 aliphatic heterocycles. The molecule has 128 valence electrons. The normalized spacial score (nSPS) is 20.6. The average Bonchev–Trinajstić information content (AvgIpc) is 2.30. The maximum atomic E-state index is 10.4. The van der Waals surface area contributed by atoms with Gasteiger partial charge in [0.25, 0.3) is 0 Å². The van der Waals surface area contributed by atoms with Crippen LogP contribution in [0.3, 0.4) is 0 Å². The molecule has 0 saturated carbocycles. The standard InChI is InChI=1S/C6H17NO12P2/c7-6(11,2-19-21(15,16)17)5(10)4(9)3(8)1-18-20(12,13)14/h3-5,8-11H,1-2,7H2,(H2,12,13,14)(H2,15,16,17)/t3-,4-,5+,6-/m1/s1. The number of rotatable bonds is 9. The second-order valence-corrected chi connectivity index (χ2v) is 6.52. The highest BCUT2D eigenvalue weighted by molar-refractivity contribution is 7.46. The Morgan fingerprint density at radius 1 is 1.00 bits per heavy atom. The van der Waals surface area contributed by atoms with Gasteiger partial charge in [-0.2, -0.15) is 0 Å². The van der Waals surface area contributed by atoms with Gasteiger partial charge in [-0.25, -0.2) is 9.13 Å². The van der Waals surface area contributed by atoms with E-state index in [9.17, 15) is 29.6 Å². The zero-order valence-corrected chi connectivity index (χ0v) is 12.1. The molecule has 0 spiro atoms. The van der Waals surface area contributed by atoms with Crippen molar-refractivity contribution in [2.24, 2.45) is 5.73 Å². The molecule has 0 aromatic carbocycles. The number of hydrogen-bond acceptors (Lipinski definition) is 9. The first kappa shape index (κ1) is 21.0. The van der Waals surface area contributed by atoms with Gasteiger partial charge in [0.1, 0.15) is 24.9 Å². The van der Waals surface area contributed by atoms with Crippen molar-refractivity contribution in [3.63, 3.8) is 0 Å². The fraction of sp³-hybridized carbons (Fsp3) is 1.00. The summed E-state index contributed by atoms with van der Waals surface area (Å²) < 4.78 is 28.5. The van der Waals surface area contributed by atoms with E-state index in [2.05, 4.69) is 9.05 Å². The lowest BCUT2D eigenvalue weighted by Gasteiger charge is -2.33. The van der Waals surface area contributed by atoms with Gasteiger partial charge < -0.3 is 40.0 Å². The van der Waals surface area contributed by atoms with Crippen LogP contribution in [0.25, 0.3) is 0 Å². The fourth-order valence-electron chi connectivity index (χ4n) is 1.05. The molecular weight excluding hydrogens is 340 g/mol. The predicted molar refractivity (Wildman–Crippen MR) is 63.1 cm³/mol. The van der Waals surface area contributed by atoms with E-state index in [1.54, 1.807) is 0 Å². The van der Waals surface area contributed by atoms with Crippen LogP contribution in [0, 0.1) is 0 Å². The summed E-state index contributed by atoms with van der Waals surface area (Å²) in [5.41, 5.74) is 2.19. The molecule has 0 aliphatic rings. The first-order chi connectivity index (χ1) is 9.16. The van der Waals surface area contributed by atoms with E-state index in [0.717, 1.165) is 0 Å². The van der Waals surface area contributed by atoms with Crippen LogP contribution in [0.2, 0.25) is 0 Å². The Balaban J connectivity index is 4.62. The molecule has 0 radical (unpaired) electrons. The van der Waals surface area contributed by atoms with Gasteiger partial charge in [0, 0.05) is 0 Å². The van der Waals surface area contributed by atoms with Crippen molar-refractivity contribution in [1.29, 1.82) is 0 Å². The molecule has 0 aromatic rings. The highest BCUT2D eigenvalue weighted by atomic mass is 31.2. The second-order valence-electron chi connectivity index (χ2n) is 4.04. The first-order valence-corrected chi connectivity index (χ1v) is 8.17. The van der Waals surface area contributed by atoms with Crippen molar-refractivity contribution < 1.29 is 58.2 Å². The van der Waals surface area contributed by atoms with Gasteiger partial charge in [0.15, 0.2) is 5.72 Å². The Kier molecular flexibility index (Phi) is 7.53. The van der Waals surface area contributed by atoms with Crippen LogP contribution >= 0.6 is 15.6 Å².